The van der Waals surface area contributed by atoms with E-state index in [0.29, 0.717) is 15.1 Å². The number of benzene rings is 1. The van der Waals surface area contributed by atoms with Gasteiger partial charge in [0.05, 0.1) is 16.4 Å². The summed E-state index contributed by atoms with van der Waals surface area (Å²) >= 11 is 7.77. The molecule has 0 saturated heterocycles. The standard InChI is InChI=1S/C11H8ClIN2O/c12-9-3-1-8(2-4-9)6-15-7-14-5-10(13)11(15)16/h1-5,7H,6H2. The number of rotatable bonds is 2. The van der Waals surface area contributed by atoms with E-state index in [1.54, 1.807) is 17.1 Å². The second-order valence-electron chi connectivity index (χ2n) is 3.30. The highest BCUT2D eigenvalue weighted by Crippen LogP contribution is 2.10. The van der Waals surface area contributed by atoms with Crippen molar-refractivity contribution < 1.29 is 0 Å². The predicted octanol–water partition coefficient (Wildman–Crippen LogP) is 2.55. The minimum Gasteiger partial charge on any atom is -0.294 e. The van der Waals surface area contributed by atoms with E-state index in [1.165, 1.54) is 0 Å². The van der Waals surface area contributed by atoms with Crippen molar-refractivity contribution in [3.63, 3.8) is 0 Å². The highest BCUT2D eigenvalue weighted by atomic mass is 127. The molecule has 0 aliphatic heterocycles. The third kappa shape index (κ3) is 2.62. The third-order valence-electron chi connectivity index (χ3n) is 2.13. The molecule has 3 nitrogen and oxygen atoms in total. The Hall–Kier alpha value is -0.880. The molecule has 0 N–H and O–H groups in total. The van der Waals surface area contributed by atoms with E-state index in [1.807, 2.05) is 46.9 Å². The van der Waals surface area contributed by atoms with Gasteiger partial charge in [-0.05, 0) is 40.3 Å². The van der Waals surface area contributed by atoms with Crippen LogP contribution in [0.1, 0.15) is 5.56 Å². The van der Waals surface area contributed by atoms with Crippen LogP contribution in [0.2, 0.25) is 5.02 Å². The highest BCUT2D eigenvalue weighted by molar-refractivity contribution is 14.1. The van der Waals surface area contributed by atoms with Crippen molar-refractivity contribution in [3.8, 4) is 0 Å². The van der Waals surface area contributed by atoms with E-state index < -0.39 is 0 Å². The maximum absolute atomic E-state index is 11.7. The van der Waals surface area contributed by atoms with Gasteiger partial charge in [-0.15, -0.1) is 0 Å². The molecule has 0 fully saturated rings. The van der Waals surface area contributed by atoms with Gasteiger partial charge in [0.25, 0.3) is 5.56 Å². The summed E-state index contributed by atoms with van der Waals surface area (Å²) in [6, 6.07) is 7.41. The van der Waals surface area contributed by atoms with E-state index in [2.05, 4.69) is 4.98 Å². The maximum atomic E-state index is 11.7. The molecule has 0 unspecified atom stereocenters. The first-order chi connectivity index (χ1) is 7.66. The van der Waals surface area contributed by atoms with Gasteiger partial charge in [-0.2, -0.15) is 0 Å². The number of hydrogen-bond donors (Lipinski definition) is 0. The quantitative estimate of drug-likeness (QED) is 0.783. The van der Waals surface area contributed by atoms with E-state index in [4.69, 9.17) is 11.6 Å². The normalized spacial score (nSPS) is 10.4. The molecule has 0 atom stereocenters. The van der Waals surface area contributed by atoms with Crippen molar-refractivity contribution in [1.82, 2.24) is 9.55 Å². The maximum Gasteiger partial charge on any atom is 0.267 e. The van der Waals surface area contributed by atoms with Crippen LogP contribution in [0.4, 0.5) is 0 Å². The molecule has 5 heteroatoms. The average Bonchev–Trinajstić information content (AvgIpc) is 2.28. The summed E-state index contributed by atoms with van der Waals surface area (Å²) in [4.78, 5) is 15.7. The Balaban J connectivity index is 2.31. The smallest absolute Gasteiger partial charge is 0.267 e. The molecule has 0 saturated carbocycles. The largest absolute Gasteiger partial charge is 0.294 e. The molecule has 16 heavy (non-hydrogen) atoms. The van der Waals surface area contributed by atoms with Crippen molar-refractivity contribution in [1.29, 1.82) is 0 Å². The van der Waals surface area contributed by atoms with Crippen LogP contribution in [0.25, 0.3) is 0 Å². The van der Waals surface area contributed by atoms with Gasteiger partial charge >= 0.3 is 0 Å². The summed E-state index contributed by atoms with van der Waals surface area (Å²) < 4.78 is 2.19. The Morgan fingerprint density at radius 1 is 1.31 bits per heavy atom. The summed E-state index contributed by atoms with van der Waals surface area (Å²) in [6.07, 6.45) is 3.10. The summed E-state index contributed by atoms with van der Waals surface area (Å²) in [5, 5.41) is 0.692. The van der Waals surface area contributed by atoms with Gasteiger partial charge in [0.2, 0.25) is 0 Å². The highest BCUT2D eigenvalue weighted by Gasteiger charge is 2.01. The zero-order valence-corrected chi connectivity index (χ0v) is 11.1. The molecule has 82 valence electrons. The molecular formula is C11H8ClIN2O. The molecule has 1 aromatic heterocycles. The van der Waals surface area contributed by atoms with Gasteiger partial charge in [-0.3, -0.25) is 9.36 Å². The Bertz CT molecular complexity index is 551. The van der Waals surface area contributed by atoms with Crippen LogP contribution in [-0.4, -0.2) is 9.55 Å². The molecule has 0 radical (unpaired) electrons. The molecule has 0 aliphatic rings. The predicted molar refractivity (Wildman–Crippen MR) is 71.8 cm³/mol. The number of hydrogen-bond acceptors (Lipinski definition) is 2. The fourth-order valence-corrected chi connectivity index (χ4v) is 1.92. The molecule has 0 spiro atoms. The number of halogens is 2. The third-order valence-corrected chi connectivity index (χ3v) is 3.12. The first-order valence-electron chi connectivity index (χ1n) is 4.61. The van der Waals surface area contributed by atoms with Crippen LogP contribution in [-0.2, 0) is 6.54 Å². The second kappa shape index (κ2) is 4.97. The lowest BCUT2D eigenvalue weighted by Gasteiger charge is -2.05. The van der Waals surface area contributed by atoms with Crippen LogP contribution in [0.5, 0.6) is 0 Å². The number of nitrogens with zero attached hydrogens (tertiary/aromatic N) is 2. The Kier molecular flexibility index (Phi) is 3.60. The zero-order chi connectivity index (χ0) is 11.5. The fourth-order valence-electron chi connectivity index (χ4n) is 1.32. The van der Waals surface area contributed by atoms with Crippen molar-refractivity contribution in [2.24, 2.45) is 0 Å². The minimum atomic E-state index is -0.0226. The average molecular weight is 347 g/mol. The van der Waals surface area contributed by atoms with E-state index in [-0.39, 0.29) is 5.56 Å². The van der Waals surface area contributed by atoms with Gasteiger partial charge in [-0.25, -0.2) is 4.98 Å². The summed E-state index contributed by atoms with van der Waals surface area (Å²) in [5.74, 6) is 0. The SMILES string of the molecule is O=c1c(I)cncn1Cc1ccc(Cl)cc1. The topological polar surface area (TPSA) is 34.9 Å². The van der Waals surface area contributed by atoms with Crippen molar-refractivity contribution >= 4 is 34.2 Å². The van der Waals surface area contributed by atoms with Crippen LogP contribution in [0, 0.1) is 3.57 Å². The lowest BCUT2D eigenvalue weighted by atomic mass is 10.2. The van der Waals surface area contributed by atoms with Crippen molar-refractivity contribution in [3.05, 3.63) is 61.3 Å². The van der Waals surface area contributed by atoms with Crippen LogP contribution < -0.4 is 5.56 Å². The van der Waals surface area contributed by atoms with Gasteiger partial charge < -0.3 is 0 Å². The first-order valence-corrected chi connectivity index (χ1v) is 6.07. The lowest BCUT2D eigenvalue weighted by molar-refractivity contribution is 0.730. The van der Waals surface area contributed by atoms with E-state index >= 15 is 0 Å². The molecule has 0 amide bonds. The van der Waals surface area contributed by atoms with Crippen molar-refractivity contribution in [2.45, 2.75) is 6.54 Å². The molecule has 0 bridgehead atoms. The van der Waals surface area contributed by atoms with Crippen molar-refractivity contribution in [2.75, 3.05) is 0 Å². The first kappa shape index (κ1) is 11.6. The minimum absolute atomic E-state index is 0.0226. The Labute approximate surface area is 111 Å². The zero-order valence-electron chi connectivity index (χ0n) is 8.23. The number of aromatic nitrogens is 2. The fraction of sp³-hybridized carbons (Fsp3) is 0.0909. The van der Waals surface area contributed by atoms with Crippen LogP contribution >= 0.6 is 34.2 Å². The van der Waals surface area contributed by atoms with E-state index in [9.17, 15) is 4.79 Å². The molecular weight excluding hydrogens is 338 g/mol. The molecule has 1 aromatic carbocycles. The monoisotopic (exact) mass is 346 g/mol. The van der Waals surface area contributed by atoms with Crippen LogP contribution in [0.15, 0.2) is 41.6 Å². The van der Waals surface area contributed by atoms with Gasteiger partial charge in [0.15, 0.2) is 0 Å². The lowest BCUT2D eigenvalue weighted by Crippen LogP contribution is -2.22. The summed E-state index contributed by atoms with van der Waals surface area (Å²) in [7, 11) is 0. The summed E-state index contributed by atoms with van der Waals surface area (Å²) in [5.41, 5.74) is 1.00. The Morgan fingerprint density at radius 2 is 2.00 bits per heavy atom. The summed E-state index contributed by atoms with van der Waals surface area (Å²) in [6.45, 7) is 0.514. The Morgan fingerprint density at radius 3 is 2.69 bits per heavy atom. The molecule has 2 aromatic rings. The molecule has 2 rings (SSSR count). The van der Waals surface area contributed by atoms with Crippen LogP contribution in [0.3, 0.4) is 0 Å². The van der Waals surface area contributed by atoms with Gasteiger partial charge in [0, 0.05) is 11.2 Å². The second-order valence-corrected chi connectivity index (χ2v) is 4.90. The molecule has 0 aliphatic carbocycles. The van der Waals surface area contributed by atoms with E-state index in [0.717, 1.165) is 5.56 Å². The van der Waals surface area contributed by atoms with Gasteiger partial charge in [-0.1, -0.05) is 23.7 Å². The van der Waals surface area contributed by atoms with Gasteiger partial charge in [0.1, 0.15) is 0 Å². The molecule has 1 heterocycles.